The summed E-state index contributed by atoms with van der Waals surface area (Å²) >= 11 is 1.57. The summed E-state index contributed by atoms with van der Waals surface area (Å²) in [6.45, 7) is 0. The van der Waals surface area contributed by atoms with Gasteiger partial charge >= 0.3 is 5.97 Å². The van der Waals surface area contributed by atoms with Gasteiger partial charge in [-0.3, -0.25) is 4.79 Å². The van der Waals surface area contributed by atoms with E-state index in [1.807, 2.05) is 0 Å². The van der Waals surface area contributed by atoms with Crippen LogP contribution in [0.25, 0.3) is 0 Å². The molecule has 1 N–H and O–H groups in total. The van der Waals surface area contributed by atoms with Gasteiger partial charge in [-0.2, -0.15) is 0 Å². The van der Waals surface area contributed by atoms with E-state index in [1.54, 1.807) is 11.8 Å². The molecule has 1 saturated heterocycles. The largest absolute Gasteiger partial charge is 0.480 e. The van der Waals surface area contributed by atoms with Crippen LogP contribution in [-0.4, -0.2) is 22.1 Å². The monoisotopic (exact) mass is 146 g/mol. The molecule has 0 radical (unpaired) electrons. The minimum Gasteiger partial charge on any atom is -0.480 e. The molecule has 1 rings (SSSR count). The fourth-order valence-corrected chi connectivity index (χ4v) is 2.07. The van der Waals surface area contributed by atoms with E-state index >= 15 is 0 Å². The molecular weight excluding hydrogens is 136 g/mol. The van der Waals surface area contributed by atoms with Crippen LogP contribution in [-0.2, 0) is 4.79 Å². The summed E-state index contributed by atoms with van der Waals surface area (Å²) in [5, 5.41) is 8.41. The first-order chi connectivity index (χ1) is 4.30. The number of carbonyl (C=O) groups is 1. The predicted octanol–water partition coefficient (Wildman–Crippen LogP) is 1.36. The van der Waals surface area contributed by atoms with E-state index in [4.69, 9.17) is 5.11 Å². The molecule has 0 spiro atoms. The minimum absolute atomic E-state index is 0.112. The Morgan fingerprint density at radius 1 is 1.56 bits per heavy atom. The molecule has 0 unspecified atom stereocenters. The van der Waals surface area contributed by atoms with Gasteiger partial charge in [-0.05, 0) is 18.6 Å². The lowest BCUT2D eigenvalue weighted by Crippen LogP contribution is -2.19. The zero-order valence-corrected chi connectivity index (χ0v) is 5.99. The molecule has 1 fully saturated rings. The maximum atomic E-state index is 10.3. The van der Waals surface area contributed by atoms with Crippen molar-refractivity contribution in [2.75, 3.05) is 5.75 Å². The molecule has 0 aliphatic carbocycles. The van der Waals surface area contributed by atoms with Crippen molar-refractivity contribution < 1.29 is 9.90 Å². The summed E-state index contributed by atoms with van der Waals surface area (Å²) < 4.78 is 0. The average Bonchev–Trinajstić information content (AvgIpc) is 1.90. The Kier molecular flexibility index (Phi) is 2.39. The first kappa shape index (κ1) is 6.93. The number of hydrogen-bond acceptors (Lipinski definition) is 2. The lowest BCUT2D eigenvalue weighted by Gasteiger charge is -2.16. The highest BCUT2D eigenvalue weighted by molar-refractivity contribution is 8.00. The third kappa shape index (κ3) is 1.90. The molecular formula is C6H10O2S. The second-order valence-electron chi connectivity index (χ2n) is 2.19. The van der Waals surface area contributed by atoms with Gasteiger partial charge in [0.2, 0.25) is 0 Å². The van der Waals surface area contributed by atoms with Crippen LogP contribution in [0.1, 0.15) is 19.3 Å². The highest BCUT2D eigenvalue weighted by atomic mass is 32.2. The number of rotatable bonds is 1. The van der Waals surface area contributed by atoms with Crippen molar-refractivity contribution >= 4 is 17.7 Å². The summed E-state index contributed by atoms with van der Waals surface area (Å²) in [5.41, 5.74) is 0. The van der Waals surface area contributed by atoms with Crippen molar-refractivity contribution in [1.29, 1.82) is 0 Å². The van der Waals surface area contributed by atoms with Crippen LogP contribution in [0.2, 0.25) is 0 Å². The van der Waals surface area contributed by atoms with Crippen LogP contribution in [0.4, 0.5) is 0 Å². The van der Waals surface area contributed by atoms with E-state index in [-0.39, 0.29) is 5.25 Å². The number of thioether (sulfide) groups is 1. The molecule has 52 valence electrons. The maximum absolute atomic E-state index is 10.3. The summed E-state index contributed by atoms with van der Waals surface area (Å²) in [6, 6.07) is 0. The van der Waals surface area contributed by atoms with Gasteiger partial charge in [-0.25, -0.2) is 0 Å². The Balaban J connectivity index is 2.31. The number of hydrogen-bond donors (Lipinski definition) is 1. The van der Waals surface area contributed by atoms with Crippen molar-refractivity contribution in [1.82, 2.24) is 0 Å². The molecule has 2 nitrogen and oxygen atoms in total. The zero-order valence-electron chi connectivity index (χ0n) is 5.17. The van der Waals surface area contributed by atoms with Crippen LogP contribution < -0.4 is 0 Å². The van der Waals surface area contributed by atoms with Gasteiger partial charge in [0.25, 0.3) is 0 Å². The zero-order chi connectivity index (χ0) is 6.69. The minimum atomic E-state index is -0.639. The molecule has 1 atom stereocenters. The SMILES string of the molecule is O=C(O)[C@@H]1CCCCS1. The second kappa shape index (κ2) is 3.11. The Morgan fingerprint density at radius 3 is 2.67 bits per heavy atom. The van der Waals surface area contributed by atoms with Crippen molar-refractivity contribution in [2.24, 2.45) is 0 Å². The molecule has 1 heterocycles. The van der Waals surface area contributed by atoms with Crippen molar-refractivity contribution in [3.05, 3.63) is 0 Å². The van der Waals surface area contributed by atoms with E-state index in [9.17, 15) is 4.79 Å². The molecule has 1 aliphatic heterocycles. The third-order valence-corrected chi connectivity index (χ3v) is 2.82. The van der Waals surface area contributed by atoms with Gasteiger partial charge < -0.3 is 5.11 Å². The highest BCUT2D eigenvalue weighted by Gasteiger charge is 2.19. The lowest BCUT2D eigenvalue weighted by molar-refractivity contribution is -0.136. The molecule has 0 aromatic rings. The quantitative estimate of drug-likeness (QED) is 0.607. The van der Waals surface area contributed by atoms with E-state index in [0.717, 1.165) is 18.6 Å². The molecule has 0 amide bonds. The topological polar surface area (TPSA) is 37.3 Å². The van der Waals surface area contributed by atoms with Crippen LogP contribution in [0, 0.1) is 0 Å². The van der Waals surface area contributed by atoms with Crippen molar-refractivity contribution in [2.45, 2.75) is 24.5 Å². The van der Waals surface area contributed by atoms with Gasteiger partial charge in [0.15, 0.2) is 0 Å². The number of carboxylic acid groups (broad SMARTS) is 1. The van der Waals surface area contributed by atoms with Crippen molar-refractivity contribution in [3.8, 4) is 0 Å². The predicted molar refractivity (Wildman–Crippen MR) is 37.7 cm³/mol. The summed E-state index contributed by atoms with van der Waals surface area (Å²) in [7, 11) is 0. The highest BCUT2D eigenvalue weighted by Crippen LogP contribution is 2.24. The molecule has 0 aromatic carbocycles. The fourth-order valence-electron chi connectivity index (χ4n) is 0.935. The maximum Gasteiger partial charge on any atom is 0.316 e. The van der Waals surface area contributed by atoms with E-state index in [1.165, 1.54) is 6.42 Å². The van der Waals surface area contributed by atoms with Crippen LogP contribution >= 0.6 is 11.8 Å². The second-order valence-corrected chi connectivity index (χ2v) is 3.50. The Bertz CT molecular complexity index is 108. The normalized spacial score (nSPS) is 27.8. The van der Waals surface area contributed by atoms with E-state index in [0.29, 0.717) is 0 Å². The smallest absolute Gasteiger partial charge is 0.316 e. The number of aliphatic carboxylic acids is 1. The van der Waals surface area contributed by atoms with Gasteiger partial charge in [-0.1, -0.05) is 6.42 Å². The molecule has 9 heavy (non-hydrogen) atoms. The van der Waals surface area contributed by atoms with Crippen LogP contribution in [0.5, 0.6) is 0 Å². The van der Waals surface area contributed by atoms with Crippen molar-refractivity contribution in [3.63, 3.8) is 0 Å². The average molecular weight is 146 g/mol. The Hall–Kier alpha value is -0.180. The summed E-state index contributed by atoms with van der Waals surface area (Å²) in [4.78, 5) is 10.3. The van der Waals surface area contributed by atoms with Crippen LogP contribution in [0.3, 0.4) is 0 Å². The molecule has 0 bridgehead atoms. The summed E-state index contributed by atoms with van der Waals surface area (Å²) in [5.74, 6) is 0.386. The first-order valence-electron chi connectivity index (χ1n) is 3.15. The molecule has 0 aromatic heterocycles. The Morgan fingerprint density at radius 2 is 2.33 bits per heavy atom. The molecule has 0 saturated carbocycles. The van der Waals surface area contributed by atoms with Gasteiger partial charge in [-0.15, -0.1) is 11.8 Å². The summed E-state index contributed by atoms with van der Waals surface area (Å²) in [6.07, 6.45) is 3.14. The Labute approximate surface area is 58.6 Å². The lowest BCUT2D eigenvalue weighted by atomic mass is 10.2. The molecule has 1 aliphatic rings. The third-order valence-electron chi connectivity index (χ3n) is 1.46. The van der Waals surface area contributed by atoms with Gasteiger partial charge in [0, 0.05) is 0 Å². The fraction of sp³-hybridized carbons (Fsp3) is 0.833. The standard InChI is InChI=1S/C6H10O2S/c7-6(8)5-3-1-2-4-9-5/h5H,1-4H2,(H,7,8)/t5-/m0/s1. The first-order valence-corrected chi connectivity index (χ1v) is 4.20. The van der Waals surface area contributed by atoms with E-state index in [2.05, 4.69) is 0 Å². The van der Waals surface area contributed by atoms with Crippen LogP contribution in [0.15, 0.2) is 0 Å². The number of carboxylic acids is 1. The van der Waals surface area contributed by atoms with Gasteiger partial charge in [0.1, 0.15) is 5.25 Å². The molecule has 3 heteroatoms. The van der Waals surface area contributed by atoms with Gasteiger partial charge in [0.05, 0.1) is 0 Å². The van der Waals surface area contributed by atoms with E-state index < -0.39 is 5.97 Å².